The van der Waals surface area contributed by atoms with Crippen molar-refractivity contribution in [1.82, 2.24) is 30.1 Å². The smallest absolute Gasteiger partial charge is 0.147 e. The molecule has 0 aliphatic carbocycles. The lowest BCUT2D eigenvalue weighted by molar-refractivity contribution is 0.469. The molecule has 7 rings (SSSR count). The molecule has 0 bridgehead atoms. The van der Waals surface area contributed by atoms with Gasteiger partial charge in [-0.2, -0.15) is 5.10 Å². The van der Waals surface area contributed by atoms with Crippen LogP contribution in [-0.2, 0) is 0 Å². The lowest BCUT2D eigenvalue weighted by Crippen LogP contribution is -2.56. The van der Waals surface area contributed by atoms with Crippen LogP contribution in [0, 0.1) is 5.82 Å². The lowest BCUT2D eigenvalue weighted by atomic mass is 10.0. The molecular weight excluding hydrogens is 471 g/mol. The Morgan fingerprint density at radius 3 is 2.70 bits per heavy atom. The van der Waals surface area contributed by atoms with E-state index in [0.29, 0.717) is 17.0 Å². The van der Waals surface area contributed by atoms with Crippen LogP contribution in [-0.4, -0.2) is 54.4 Å². The molecule has 5 N–H and O–H groups in total. The largest absolute Gasteiger partial charge is 0.508 e. The maximum absolute atomic E-state index is 14.0. The summed E-state index contributed by atoms with van der Waals surface area (Å²) in [7, 11) is 0. The monoisotopic (exact) mass is 492 g/mol. The Balaban J connectivity index is 1.31. The van der Waals surface area contributed by atoms with Gasteiger partial charge in [0.2, 0.25) is 0 Å². The molecule has 2 aromatic carbocycles. The summed E-state index contributed by atoms with van der Waals surface area (Å²) in [4.78, 5) is 19.2. The van der Waals surface area contributed by atoms with Crippen molar-refractivity contribution in [3.05, 3.63) is 72.9 Å². The van der Waals surface area contributed by atoms with Crippen molar-refractivity contribution in [2.24, 2.45) is 5.73 Å². The summed E-state index contributed by atoms with van der Waals surface area (Å²) in [6.07, 6.45) is 5.16. The zero-order valence-electron chi connectivity index (χ0n) is 19.5. The van der Waals surface area contributed by atoms with E-state index in [4.69, 9.17) is 10.7 Å². The number of halogens is 1. The zero-order valence-corrected chi connectivity index (χ0v) is 19.5. The predicted molar refractivity (Wildman–Crippen MR) is 139 cm³/mol. The zero-order chi connectivity index (χ0) is 25.1. The van der Waals surface area contributed by atoms with Gasteiger partial charge >= 0.3 is 0 Å². The number of fused-ring (bicyclic) bond motifs is 2. The van der Waals surface area contributed by atoms with Crippen LogP contribution >= 0.6 is 0 Å². The summed E-state index contributed by atoms with van der Waals surface area (Å²) in [5, 5.41) is 19.3. The van der Waals surface area contributed by atoms with Crippen molar-refractivity contribution in [3.8, 4) is 39.7 Å². The fraction of sp³-hybridized carbons (Fsp3) is 0.111. The van der Waals surface area contributed by atoms with Gasteiger partial charge < -0.3 is 20.7 Å². The number of phenolic OH excluding ortho intramolecular Hbond substituents is 1. The summed E-state index contributed by atoms with van der Waals surface area (Å²) in [6, 6.07) is 13.9. The number of nitrogens with one attached hydrogen (secondary N) is 2. The van der Waals surface area contributed by atoms with Crippen molar-refractivity contribution in [2.75, 3.05) is 18.0 Å². The van der Waals surface area contributed by atoms with E-state index in [-0.39, 0.29) is 11.8 Å². The van der Waals surface area contributed by atoms with Crippen LogP contribution in [0.25, 0.3) is 55.7 Å². The molecule has 10 heteroatoms. The van der Waals surface area contributed by atoms with Crippen molar-refractivity contribution < 1.29 is 9.50 Å². The number of hydrogen-bond acceptors (Lipinski definition) is 7. The van der Waals surface area contributed by atoms with E-state index in [9.17, 15) is 9.50 Å². The van der Waals surface area contributed by atoms with Gasteiger partial charge in [0.1, 0.15) is 28.8 Å². The minimum atomic E-state index is -0.495. The summed E-state index contributed by atoms with van der Waals surface area (Å²) in [5.41, 5.74) is 11.8. The van der Waals surface area contributed by atoms with Gasteiger partial charge in [-0.3, -0.25) is 15.1 Å². The maximum Gasteiger partial charge on any atom is 0.147 e. The molecule has 1 saturated heterocycles. The van der Waals surface area contributed by atoms with Crippen molar-refractivity contribution in [2.45, 2.75) is 6.04 Å². The number of aromatic nitrogens is 6. The first-order chi connectivity index (χ1) is 18.0. The number of anilines is 1. The SMILES string of the molecule is NC1CN(c2cncc(-c3cc4c(-c5cc6c(-c7cc(O)cc(F)c7)cccc6[nH]5)n[nH]c4cn3)n2)C1. The highest BCUT2D eigenvalue weighted by molar-refractivity contribution is 6.01. The highest BCUT2D eigenvalue weighted by atomic mass is 19.1. The van der Waals surface area contributed by atoms with E-state index in [1.165, 1.54) is 6.07 Å². The van der Waals surface area contributed by atoms with Crippen molar-refractivity contribution >= 4 is 27.6 Å². The van der Waals surface area contributed by atoms with Gasteiger partial charge in [0.25, 0.3) is 0 Å². The van der Waals surface area contributed by atoms with Crippen LogP contribution in [0.15, 0.2) is 67.1 Å². The minimum absolute atomic E-state index is 0.120. The van der Waals surface area contributed by atoms with Gasteiger partial charge in [-0.25, -0.2) is 9.37 Å². The Hall–Kier alpha value is -4.83. The fourth-order valence-corrected chi connectivity index (χ4v) is 4.86. The standard InChI is InChI=1S/C27H21FN8O/c28-15-4-14(5-17(37)6-15)18-2-1-3-21-19(18)7-23(32-21)27-20-8-22(31-10-24(20)34-35-27)25-9-30-11-26(33-25)36-12-16(29)13-36/h1-11,16,32,37H,12-13,29H2,(H,34,35). The highest BCUT2D eigenvalue weighted by Gasteiger charge is 2.25. The predicted octanol–water partition coefficient (Wildman–Crippen LogP) is 4.22. The highest BCUT2D eigenvalue weighted by Crippen LogP contribution is 2.36. The molecule has 4 aromatic heterocycles. The van der Waals surface area contributed by atoms with Crippen LogP contribution in [0.3, 0.4) is 0 Å². The third-order valence-electron chi connectivity index (χ3n) is 6.68. The van der Waals surface area contributed by atoms with Crippen LogP contribution in [0.5, 0.6) is 5.75 Å². The van der Waals surface area contributed by atoms with Crippen LogP contribution < -0.4 is 10.6 Å². The Labute approximate surface area is 209 Å². The van der Waals surface area contributed by atoms with Gasteiger partial charge in [-0.1, -0.05) is 12.1 Å². The summed E-state index contributed by atoms with van der Waals surface area (Å²) >= 11 is 0. The Morgan fingerprint density at radius 1 is 0.973 bits per heavy atom. The number of nitrogens with zero attached hydrogens (tertiary/aromatic N) is 5. The molecular formula is C27H21FN8O. The van der Waals surface area contributed by atoms with Gasteiger partial charge in [0.05, 0.1) is 35.5 Å². The van der Waals surface area contributed by atoms with Crippen molar-refractivity contribution in [1.29, 1.82) is 0 Å². The molecule has 1 fully saturated rings. The Bertz CT molecular complexity index is 1780. The molecule has 0 amide bonds. The second kappa shape index (κ2) is 8.10. The van der Waals surface area contributed by atoms with Gasteiger partial charge in [0.15, 0.2) is 0 Å². The molecule has 5 heterocycles. The third kappa shape index (κ3) is 3.66. The second-order valence-electron chi connectivity index (χ2n) is 9.26. The Kier molecular flexibility index (Phi) is 4.70. The van der Waals surface area contributed by atoms with E-state index in [1.807, 2.05) is 30.3 Å². The number of phenols is 1. The molecule has 9 nitrogen and oxygen atoms in total. The average molecular weight is 493 g/mol. The molecule has 0 saturated carbocycles. The number of nitrogens with two attached hydrogens (primary N) is 1. The Morgan fingerprint density at radius 2 is 1.86 bits per heavy atom. The maximum atomic E-state index is 14.0. The quantitative estimate of drug-likeness (QED) is 0.290. The molecule has 0 atom stereocenters. The molecule has 6 aromatic rings. The summed E-state index contributed by atoms with van der Waals surface area (Å²) in [6.45, 7) is 1.52. The molecule has 0 radical (unpaired) electrons. The van der Waals surface area contributed by atoms with Gasteiger partial charge in [-0.15, -0.1) is 0 Å². The van der Waals surface area contributed by atoms with Crippen LogP contribution in [0.1, 0.15) is 0 Å². The number of H-pyrrole nitrogens is 2. The third-order valence-corrected chi connectivity index (χ3v) is 6.68. The van der Waals surface area contributed by atoms with E-state index in [1.54, 1.807) is 24.7 Å². The first kappa shape index (κ1) is 21.5. The molecule has 0 unspecified atom stereocenters. The van der Waals surface area contributed by atoms with Gasteiger partial charge in [-0.05, 0) is 41.5 Å². The molecule has 0 spiro atoms. The molecule has 1 aliphatic heterocycles. The number of rotatable bonds is 4. The molecule has 182 valence electrons. The van der Waals surface area contributed by atoms with E-state index in [0.717, 1.165) is 63.7 Å². The number of aromatic amines is 2. The lowest BCUT2D eigenvalue weighted by Gasteiger charge is -2.37. The molecule has 37 heavy (non-hydrogen) atoms. The fourth-order valence-electron chi connectivity index (χ4n) is 4.86. The average Bonchev–Trinajstić information content (AvgIpc) is 3.49. The second-order valence-corrected chi connectivity index (χ2v) is 9.26. The normalized spacial score (nSPS) is 13.9. The topological polar surface area (TPSA) is 133 Å². The van der Waals surface area contributed by atoms with E-state index < -0.39 is 5.82 Å². The number of hydrogen-bond donors (Lipinski definition) is 4. The number of pyridine rings is 1. The van der Waals surface area contributed by atoms with Gasteiger partial charge in [0, 0.05) is 41.5 Å². The first-order valence-corrected chi connectivity index (χ1v) is 11.8. The van der Waals surface area contributed by atoms with Crippen molar-refractivity contribution in [3.63, 3.8) is 0 Å². The summed E-state index contributed by atoms with van der Waals surface area (Å²) < 4.78 is 14.0. The van der Waals surface area contributed by atoms with Crippen LogP contribution in [0.2, 0.25) is 0 Å². The molecule has 1 aliphatic rings. The van der Waals surface area contributed by atoms with Crippen LogP contribution in [0.4, 0.5) is 10.2 Å². The minimum Gasteiger partial charge on any atom is -0.508 e. The van der Waals surface area contributed by atoms with E-state index in [2.05, 4.69) is 30.0 Å². The summed E-state index contributed by atoms with van der Waals surface area (Å²) in [5.74, 6) is 0.162. The first-order valence-electron chi connectivity index (χ1n) is 11.8. The van der Waals surface area contributed by atoms with E-state index >= 15 is 0 Å². The number of benzene rings is 2. The number of aromatic hydroxyl groups is 1.